The van der Waals surface area contributed by atoms with E-state index < -0.39 is 0 Å². The zero-order valence-electron chi connectivity index (χ0n) is 8.55. The van der Waals surface area contributed by atoms with E-state index in [-0.39, 0.29) is 11.6 Å². The highest BCUT2D eigenvalue weighted by atomic mass is 16.1. The predicted molar refractivity (Wildman–Crippen MR) is 59.7 cm³/mol. The van der Waals surface area contributed by atoms with Gasteiger partial charge in [-0.3, -0.25) is 4.79 Å². The molecule has 0 aliphatic rings. The maximum atomic E-state index is 11.6. The van der Waals surface area contributed by atoms with Crippen LogP contribution in [0.5, 0.6) is 0 Å². The first-order valence-electron chi connectivity index (χ1n) is 4.88. The van der Waals surface area contributed by atoms with Crippen LogP contribution in [0.15, 0.2) is 35.3 Å². The molecule has 1 aromatic carbocycles. The van der Waals surface area contributed by atoms with Gasteiger partial charge in [-0.15, -0.1) is 0 Å². The first-order valence-corrected chi connectivity index (χ1v) is 4.88. The minimum atomic E-state index is -0.106. The average molecular weight is 203 g/mol. The van der Waals surface area contributed by atoms with Gasteiger partial charge in [-0.1, -0.05) is 12.1 Å². The van der Waals surface area contributed by atoms with Gasteiger partial charge in [-0.05, 0) is 19.1 Å². The van der Waals surface area contributed by atoms with Crippen LogP contribution in [0.2, 0.25) is 0 Å². The lowest BCUT2D eigenvalue weighted by atomic mass is 10.2. The van der Waals surface area contributed by atoms with E-state index in [4.69, 9.17) is 5.73 Å². The first-order chi connectivity index (χ1) is 7.18. The Morgan fingerprint density at radius 1 is 1.47 bits per heavy atom. The summed E-state index contributed by atoms with van der Waals surface area (Å²) < 4.78 is 1.66. The summed E-state index contributed by atoms with van der Waals surface area (Å²) in [4.78, 5) is 15.7. The van der Waals surface area contributed by atoms with E-state index >= 15 is 0 Å². The lowest BCUT2D eigenvalue weighted by Gasteiger charge is -2.11. The summed E-state index contributed by atoms with van der Waals surface area (Å²) in [5.41, 5.74) is 7.25. The van der Waals surface area contributed by atoms with Gasteiger partial charge in [0.1, 0.15) is 0 Å². The van der Waals surface area contributed by atoms with Crippen LogP contribution in [0.3, 0.4) is 0 Å². The van der Waals surface area contributed by atoms with Crippen molar-refractivity contribution in [3.05, 3.63) is 40.8 Å². The summed E-state index contributed by atoms with van der Waals surface area (Å²) in [5, 5.41) is 0. The molecule has 1 unspecified atom stereocenters. The molecule has 78 valence electrons. The zero-order chi connectivity index (χ0) is 10.8. The third-order valence-electron chi connectivity index (χ3n) is 2.22. The standard InChI is InChI=1S/C11H13N3O/c1-8(12)7-14-10-5-3-2-4-9(10)13-6-11(14)15/h2-6,8H,7,12H2,1H3. The topological polar surface area (TPSA) is 60.9 Å². The molecule has 0 saturated carbocycles. The van der Waals surface area contributed by atoms with Crippen LogP contribution < -0.4 is 11.3 Å². The number of para-hydroxylation sites is 2. The Labute approximate surface area is 87.4 Å². The third-order valence-corrected chi connectivity index (χ3v) is 2.22. The molecule has 4 nitrogen and oxygen atoms in total. The molecule has 0 bridgehead atoms. The lowest BCUT2D eigenvalue weighted by Crippen LogP contribution is -2.30. The number of hydrogen-bond acceptors (Lipinski definition) is 3. The highest BCUT2D eigenvalue weighted by Gasteiger charge is 2.04. The Morgan fingerprint density at radius 3 is 2.93 bits per heavy atom. The normalized spacial score (nSPS) is 12.9. The number of benzene rings is 1. The fourth-order valence-corrected chi connectivity index (χ4v) is 1.59. The van der Waals surface area contributed by atoms with Crippen molar-refractivity contribution in [2.75, 3.05) is 0 Å². The van der Waals surface area contributed by atoms with Crippen LogP contribution in [0.1, 0.15) is 6.92 Å². The molecule has 0 aliphatic heterocycles. The Bertz CT molecular complexity index is 531. The molecule has 0 saturated heterocycles. The molecule has 4 heteroatoms. The van der Waals surface area contributed by atoms with Gasteiger partial charge in [-0.2, -0.15) is 0 Å². The summed E-state index contributed by atoms with van der Waals surface area (Å²) in [6, 6.07) is 7.50. The Morgan fingerprint density at radius 2 is 2.20 bits per heavy atom. The SMILES string of the molecule is CC(N)Cn1c(=O)cnc2ccccc21. The maximum Gasteiger partial charge on any atom is 0.269 e. The molecule has 0 radical (unpaired) electrons. The van der Waals surface area contributed by atoms with Crippen molar-refractivity contribution in [1.82, 2.24) is 9.55 Å². The van der Waals surface area contributed by atoms with Gasteiger partial charge in [-0.25, -0.2) is 4.98 Å². The molecule has 0 spiro atoms. The summed E-state index contributed by atoms with van der Waals surface area (Å²) in [5.74, 6) is 0. The van der Waals surface area contributed by atoms with Crippen molar-refractivity contribution in [1.29, 1.82) is 0 Å². The minimum Gasteiger partial charge on any atom is -0.326 e. The van der Waals surface area contributed by atoms with Crippen LogP contribution in [0.25, 0.3) is 11.0 Å². The number of hydrogen-bond donors (Lipinski definition) is 1. The highest BCUT2D eigenvalue weighted by molar-refractivity contribution is 5.74. The second-order valence-corrected chi connectivity index (χ2v) is 3.67. The molecule has 2 aromatic rings. The zero-order valence-corrected chi connectivity index (χ0v) is 8.55. The second-order valence-electron chi connectivity index (χ2n) is 3.67. The molecule has 1 atom stereocenters. The van der Waals surface area contributed by atoms with Gasteiger partial charge in [0.25, 0.3) is 5.56 Å². The van der Waals surface area contributed by atoms with Crippen molar-refractivity contribution >= 4 is 11.0 Å². The van der Waals surface area contributed by atoms with Gasteiger partial charge in [0.2, 0.25) is 0 Å². The maximum absolute atomic E-state index is 11.6. The molecule has 1 aromatic heterocycles. The molecular formula is C11H13N3O. The fraction of sp³-hybridized carbons (Fsp3) is 0.273. The van der Waals surface area contributed by atoms with Gasteiger partial charge < -0.3 is 10.3 Å². The molecule has 0 fully saturated rings. The van der Waals surface area contributed by atoms with Crippen molar-refractivity contribution in [2.24, 2.45) is 5.73 Å². The summed E-state index contributed by atoms with van der Waals surface area (Å²) in [6.07, 6.45) is 1.34. The monoisotopic (exact) mass is 203 g/mol. The summed E-state index contributed by atoms with van der Waals surface area (Å²) in [7, 11) is 0. The minimum absolute atomic E-state index is 0.0477. The summed E-state index contributed by atoms with van der Waals surface area (Å²) >= 11 is 0. The van der Waals surface area contributed by atoms with Crippen molar-refractivity contribution < 1.29 is 0 Å². The average Bonchev–Trinajstić information content (AvgIpc) is 2.22. The summed E-state index contributed by atoms with van der Waals surface area (Å²) in [6.45, 7) is 2.39. The molecule has 0 amide bonds. The fourth-order valence-electron chi connectivity index (χ4n) is 1.59. The first kappa shape index (κ1) is 9.86. The van der Waals surface area contributed by atoms with E-state index in [0.29, 0.717) is 6.54 Å². The van der Waals surface area contributed by atoms with E-state index in [1.54, 1.807) is 4.57 Å². The van der Waals surface area contributed by atoms with Crippen LogP contribution >= 0.6 is 0 Å². The van der Waals surface area contributed by atoms with Crippen LogP contribution in [0.4, 0.5) is 0 Å². The lowest BCUT2D eigenvalue weighted by molar-refractivity contribution is 0.588. The van der Waals surface area contributed by atoms with E-state index in [1.807, 2.05) is 31.2 Å². The molecule has 2 N–H and O–H groups in total. The van der Waals surface area contributed by atoms with Gasteiger partial charge in [0.15, 0.2) is 0 Å². The molecular weight excluding hydrogens is 190 g/mol. The largest absolute Gasteiger partial charge is 0.326 e. The van der Waals surface area contributed by atoms with Gasteiger partial charge in [0, 0.05) is 12.6 Å². The van der Waals surface area contributed by atoms with Crippen molar-refractivity contribution in [3.8, 4) is 0 Å². The van der Waals surface area contributed by atoms with Gasteiger partial charge >= 0.3 is 0 Å². The van der Waals surface area contributed by atoms with E-state index in [9.17, 15) is 4.79 Å². The Balaban J connectivity index is 2.68. The quantitative estimate of drug-likeness (QED) is 0.783. The van der Waals surface area contributed by atoms with Gasteiger partial charge in [0.05, 0.1) is 17.2 Å². The number of fused-ring (bicyclic) bond motifs is 1. The van der Waals surface area contributed by atoms with E-state index in [0.717, 1.165) is 11.0 Å². The molecule has 2 rings (SSSR count). The Kier molecular flexibility index (Phi) is 2.51. The smallest absolute Gasteiger partial charge is 0.269 e. The second kappa shape index (κ2) is 3.82. The number of nitrogens with zero attached hydrogens (tertiary/aromatic N) is 2. The Hall–Kier alpha value is -1.68. The molecule has 15 heavy (non-hydrogen) atoms. The highest BCUT2D eigenvalue weighted by Crippen LogP contribution is 2.08. The number of aromatic nitrogens is 2. The molecule has 0 aliphatic carbocycles. The van der Waals surface area contributed by atoms with Crippen LogP contribution in [-0.4, -0.2) is 15.6 Å². The van der Waals surface area contributed by atoms with Crippen molar-refractivity contribution in [2.45, 2.75) is 19.5 Å². The number of nitrogens with two attached hydrogens (primary N) is 1. The molecule has 1 heterocycles. The predicted octanol–water partition coefficient (Wildman–Crippen LogP) is 0.744. The van der Waals surface area contributed by atoms with E-state index in [2.05, 4.69) is 4.98 Å². The number of rotatable bonds is 2. The third kappa shape index (κ3) is 1.89. The van der Waals surface area contributed by atoms with E-state index in [1.165, 1.54) is 6.20 Å². The van der Waals surface area contributed by atoms with Crippen LogP contribution in [-0.2, 0) is 6.54 Å². The van der Waals surface area contributed by atoms with Crippen LogP contribution in [0, 0.1) is 0 Å². The van der Waals surface area contributed by atoms with Crippen molar-refractivity contribution in [3.63, 3.8) is 0 Å².